The van der Waals surface area contributed by atoms with Gasteiger partial charge in [-0.25, -0.2) is 0 Å². The molecule has 1 aromatic rings. The van der Waals surface area contributed by atoms with Gasteiger partial charge >= 0.3 is 0 Å². The van der Waals surface area contributed by atoms with Crippen molar-refractivity contribution in [2.75, 3.05) is 0 Å². The van der Waals surface area contributed by atoms with Gasteiger partial charge in [-0.1, -0.05) is 78.8 Å². The normalized spacial score (nSPS) is 27.2. The van der Waals surface area contributed by atoms with Crippen LogP contribution in [0.1, 0.15) is 66.9 Å². The lowest BCUT2D eigenvalue weighted by Crippen LogP contribution is -2.54. The number of rotatable bonds is 5. The first-order valence-electron chi connectivity index (χ1n) is 12.7. The number of fused-ring (bicyclic) bond motifs is 1. The molecule has 3 rings (SSSR count). The lowest BCUT2D eigenvalue weighted by Gasteiger charge is -2.48. The monoisotopic (exact) mass is 486 g/mol. The molecule has 0 saturated heterocycles. The summed E-state index contributed by atoms with van der Waals surface area (Å²) in [6.45, 7) is 25.2. The quantitative estimate of drug-likeness (QED) is 0.397. The number of ketones is 1. The smallest absolute Gasteiger partial charge is 0.193 e. The third-order valence-electron chi connectivity index (χ3n) is 8.90. The van der Waals surface area contributed by atoms with E-state index < -0.39 is 16.6 Å². The van der Waals surface area contributed by atoms with E-state index in [2.05, 4.69) is 86.8 Å². The van der Waals surface area contributed by atoms with Crippen molar-refractivity contribution in [3.05, 3.63) is 41.5 Å². The first kappa shape index (κ1) is 26.6. The molecule has 0 unspecified atom stereocenters. The molecule has 0 aromatic heterocycles. The van der Waals surface area contributed by atoms with Gasteiger partial charge in [-0.2, -0.15) is 0 Å². The highest BCUT2D eigenvalue weighted by molar-refractivity contribution is 6.74. The lowest BCUT2D eigenvalue weighted by molar-refractivity contribution is -0.117. The fourth-order valence-electron chi connectivity index (χ4n) is 4.68. The summed E-state index contributed by atoms with van der Waals surface area (Å²) in [6.07, 6.45) is 1.81. The second kappa shape index (κ2) is 8.89. The zero-order valence-electron chi connectivity index (χ0n) is 22.8. The van der Waals surface area contributed by atoms with Crippen molar-refractivity contribution in [3.8, 4) is 0 Å². The maximum Gasteiger partial charge on any atom is 0.193 e. The van der Waals surface area contributed by atoms with Crippen LogP contribution in [0.3, 0.4) is 0 Å². The third-order valence-corrected chi connectivity index (χ3v) is 17.9. The fourth-order valence-corrected chi connectivity index (χ4v) is 7.30. The second-order valence-corrected chi connectivity index (χ2v) is 22.8. The minimum Gasteiger partial charge on any atom is -0.411 e. The van der Waals surface area contributed by atoms with Crippen molar-refractivity contribution in [2.45, 2.75) is 110 Å². The molecule has 1 saturated carbocycles. The first-order valence-corrected chi connectivity index (χ1v) is 18.5. The van der Waals surface area contributed by atoms with Crippen molar-refractivity contribution in [3.63, 3.8) is 0 Å². The van der Waals surface area contributed by atoms with Crippen LogP contribution in [0.5, 0.6) is 0 Å². The Bertz CT molecular complexity index is 903. The Morgan fingerprint density at radius 2 is 1.33 bits per heavy atom. The number of hydrogen-bond acceptors (Lipinski definition) is 3. The van der Waals surface area contributed by atoms with Crippen molar-refractivity contribution < 1.29 is 13.6 Å². The molecular formula is C28H46O3Si2. The van der Waals surface area contributed by atoms with Crippen LogP contribution in [0.25, 0.3) is 5.57 Å². The molecule has 1 aromatic carbocycles. The highest BCUT2D eigenvalue weighted by Gasteiger charge is 2.52. The van der Waals surface area contributed by atoms with Crippen LogP contribution >= 0.6 is 0 Å². The average molecular weight is 487 g/mol. The maximum atomic E-state index is 13.6. The summed E-state index contributed by atoms with van der Waals surface area (Å²) in [7, 11) is -4.11. The summed E-state index contributed by atoms with van der Waals surface area (Å²) in [4.78, 5) is 13.6. The number of allylic oxidation sites excluding steroid dienone is 1. The Kier molecular flexibility index (Phi) is 7.16. The molecule has 2 aliphatic rings. The van der Waals surface area contributed by atoms with E-state index in [-0.39, 0.29) is 39.9 Å². The molecule has 2 aliphatic carbocycles. The zero-order chi connectivity index (χ0) is 25.0. The predicted octanol–water partition coefficient (Wildman–Crippen LogP) is 7.85. The number of carbonyl (C=O) groups excluding carboxylic acids is 1. The molecular weight excluding hydrogens is 440 g/mol. The summed E-state index contributed by atoms with van der Waals surface area (Å²) in [5.41, 5.74) is 3.16. The molecule has 33 heavy (non-hydrogen) atoms. The van der Waals surface area contributed by atoms with Gasteiger partial charge in [0.15, 0.2) is 22.4 Å². The summed E-state index contributed by atoms with van der Waals surface area (Å²) in [5.74, 6) is 0.536. The van der Waals surface area contributed by atoms with E-state index in [1.165, 1.54) is 5.57 Å². The Balaban J connectivity index is 2.16. The Morgan fingerprint density at radius 1 is 0.818 bits per heavy atom. The van der Waals surface area contributed by atoms with E-state index >= 15 is 0 Å². The average Bonchev–Trinajstić information content (AvgIpc) is 2.93. The van der Waals surface area contributed by atoms with E-state index in [4.69, 9.17) is 8.85 Å². The molecule has 4 atom stereocenters. The van der Waals surface area contributed by atoms with E-state index in [9.17, 15) is 4.79 Å². The SMILES string of the molecule is C[C@@H]1C(=O)C(c2ccccc2)=C2[C@H]1CC[C@H](O[Si](C)(C)C(C)(C)C)[C@@H]2O[Si](C)(C)C(C)(C)C. The van der Waals surface area contributed by atoms with Gasteiger partial charge in [0.1, 0.15) is 0 Å². The minimum absolute atomic E-state index is 0.00285. The van der Waals surface area contributed by atoms with Crippen molar-refractivity contribution in [2.24, 2.45) is 11.8 Å². The summed E-state index contributed by atoms with van der Waals surface area (Å²) >= 11 is 0. The highest BCUT2D eigenvalue weighted by Crippen LogP contribution is 2.51. The molecule has 0 heterocycles. The Morgan fingerprint density at radius 3 is 1.85 bits per heavy atom. The fraction of sp³-hybridized carbons (Fsp3) is 0.679. The zero-order valence-corrected chi connectivity index (χ0v) is 24.8. The van der Waals surface area contributed by atoms with Crippen LogP contribution in [-0.4, -0.2) is 34.6 Å². The predicted molar refractivity (Wildman–Crippen MR) is 144 cm³/mol. The van der Waals surface area contributed by atoms with Crippen molar-refractivity contribution >= 4 is 28.0 Å². The van der Waals surface area contributed by atoms with Crippen LogP contribution in [-0.2, 0) is 13.6 Å². The standard InChI is InChI=1S/C28H46O3Si2/c1-19-21-17-18-22(30-32(8,9)27(2,3)4)26(31-33(10,11)28(5,6)7)24(21)23(25(19)29)20-15-13-12-14-16-20/h12-16,19,21-22,26H,17-18H2,1-11H3/t19-,21-,22-,26-/m0/s1. The highest BCUT2D eigenvalue weighted by atomic mass is 28.4. The van der Waals surface area contributed by atoms with Gasteiger partial charge in [-0.15, -0.1) is 0 Å². The van der Waals surface area contributed by atoms with Crippen molar-refractivity contribution in [1.29, 1.82) is 0 Å². The molecule has 0 aliphatic heterocycles. The molecule has 0 radical (unpaired) electrons. The summed E-state index contributed by atoms with van der Waals surface area (Å²) in [5, 5.41) is 0.212. The largest absolute Gasteiger partial charge is 0.411 e. The second-order valence-electron chi connectivity index (χ2n) is 13.2. The molecule has 0 spiro atoms. The molecule has 0 amide bonds. The van der Waals surface area contributed by atoms with Crippen LogP contribution < -0.4 is 0 Å². The van der Waals surface area contributed by atoms with E-state index in [1.54, 1.807) is 0 Å². The molecule has 0 bridgehead atoms. The van der Waals surface area contributed by atoms with Crippen LogP contribution in [0.2, 0.25) is 36.3 Å². The minimum atomic E-state index is -2.10. The van der Waals surface area contributed by atoms with Gasteiger partial charge in [0.05, 0.1) is 12.2 Å². The van der Waals surface area contributed by atoms with Crippen molar-refractivity contribution in [1.82, 2.24) is 0 Å². The van der Waals surface area contributed by atoms with E-state index in [1.807, 2.05) is 18.2 Å². The van der Waals surface area contributed by atoms with Gasteiger partial charge in [0.25, 0.3) is 0 Å². The topological polar surface area (TPSA) is 35.5 Å². The third kappa shape index (κ3) is 5.02. The maximum absolute atomic E-state index is 13.6. The van der Waals surface area contributed by atoms with Crippen LogP contribution in [0.15, 0.2) is 35.9 Å². The van der Waals surface area contributed by atoms with Gasteiger partial charge in [-0.05, 0) is 66.2 Å². The first-order chi connectivity index (χ1) is 15.0. The number of carbonyl (C=O) groups is 1. The number of benzene rings is 1. The molecule has 0 N–H and O–H groups in total. The summed E-state index contributed by atoms with van der Waals surface area (Å²) < 4.78 is 14.3. The Labute approximate surface area is 204 Å². The van der Waals surface area contributed by atoms with Crippen LogP contribution in [0, 0.1) is 11.8 Å². The van der Waals surface area contributed by atoms with Gasteiger partial charge in [0.2, 0.25) is 0 Å². The Hall–Kier alpha value is -1.02. The number of Topliss-reactive ketones (excluding diaryl/α,β-unsaturated/α-hetero) is 1. The molecule has 3 nitrogen and oxygen atoms in total. The molecule has 1 fully saturated rings. The van der Waals surface area contributed by atoms with Gasteiger partial charge in [0, 0.05) is 11.5 Å². The number of hydrogen-bond donors (Lipinski definition) is 0. The molecule has 184 valence electrons. The molecule has 5 heteroatoms. The summed E-state index contributed by atoms with van der Waals surface area (Å²) in [6, 6.07) is 10.2. The van der Waals surface area contributed by atoms with E-state index in [0.29, 0.717) is 0 Å². The van der Waals surface area contributed by atoms with Crippen LogP contribution in [0.4, 0.5) is 0 Å². The lowest BCUT2D eigenvalue weighted by atomic mass is 9.78. The van der Waals surface area contributed by atoms with Gasteiger partial charge < -0.3 is 8.85 Å². The van der Waals surface area contributed by atoms with E-state index in [0.717, 1.165) is 24.0 Å². The van der Waals surface area contributed by atoms with Gasteiger partial charge in [-0.3, -0.25) is 4.79 Å².